The molecule has 1 aliphatic rings. The molecule has 2 aromatic rings. The number of carbonyl (C=O) groups excluding carboxylic acids is 1. The number of anilines is 1. The molecule has 1 unspecified atom stereocenters. The maximum atomic E-state index is 11.9. The number of nitriles is 2. The molecule has 3 rings (SSSR count). The molecule has 35 heavy (non-hydrogen) atoms. The Labute approximate surface area is 210 Å². The van der Waals surface area contributed by atoms with Crippen LogP contribution in [0.1, 0.15) is 61.9 Å². The Morgan fingerprint density at radius 3 is 2.43 bits per heavy atom. The summed E-state index contributed by atoms with van der Waals surface area (Å²) in [6.07, 6.45) is 0.278. The molecule has 0 aliphatic carbocycles. The van der Waals surface area contributed by atoms with Crippen LogP contribution < -0.4 is 10.2 Å². The standard InChI is InChI=1S/C26H31N5O3S/c1-5-20-21(12-27)23(31-11-10-19(32)15-31)30-24(22(20)13-28)35-16-18-8-6-17(7-9-18)14-29-25(33)34-26(2,3)4/h6-9,19,32H,5,10-11,14-16H2,1-4H3,(H,29,33). The third-order valence-electron chi connectivity index (χ3n) is 5.52. The van der Waals surface area contributed by atoms with Gasteiger partial charge in [-0.2, -0.15) is 10.5 Å². The van der Waals surface area contributed by atoms with E-state index in [9.17, 15) is 20.4 Å². The molecule has 0 radical (unpaired) electrons. The summed E-state index contributed by atoms with van der Waals surface area (Å²) < 4.78 is 5.26. The molecule has 2 N–H and O–H groups in total. The zero-order valence-electron chi connectivity index (χ0n) is 20.6. The van der Waals surface area contributed by atoms with E-state index in [-0.39, 0.29) is 0 Å². The van der Waals surface area contributed by atoms with Gasteiger partial charge in [-0.15, -0.1) is 11.8 Å². The van der Waals surface area contributed by atoms with Crippen molar-refractivity contribution in [2.75, 3.05) is 18.0 Å². The molecular formula is C26H31N5O3S. The van der Waals surface area contributed by atoms with Crippen LogP contribution in [0.25, 0.3) is 0 Å². The van der Waals surface area contributed by atoms with E-state index in [1.807, 2.05) is 56.9 Å². The summed E-state index contributed by atoms with van der Waals surface area (Å²) in [5.41, 5.74) is 3.01. The zero-order valence-corrected chi connectivity index (χ0v) is 21.4. The molecule has 2 heterocycles. The highest BCUT2D eigenvalue weighted by atomic mass is 32.2. The molecule has 1 saturated heterocycles. The number of nitrogens with one attached hydrogen (secondary N) is 1. The van der Waals surface area contributed by atoms with Crippen LogP contribution in [0.5, 0.6) is 0 Å². The second-order valence-electron chi connectivity index (χ2n) is 9.40. The SMILES string of the molecule is CCc1c(C#N)c(SCc2ccc(CNC(=O)OC(C)(C)C)cc2)nc(N2CCC(O)C2)c1C#N. The monoisotopic (exact) mass is 493 g/mol. The van der Waals surface area contributed by atoms with E-state index < -0.39 is 17.8 Å². The van der Waals surface area contributed by atoms with Crippen molar-refractivity contribution in [2.45, 2.75) is 69.6 Å². The van der Waals surface area contributed by atoms with Crippen molar-refractivity contribution in [3.05, 3.63) is 52.1 Å². The average Bonchev–Trinajstić information content (AvgIpc) is 3.25. The molecule has 184 valence electrons. The van der Waals surface area contributed by atoms with Crippen LogP contribution in [-0.4, -0.2) is 41.0 Å². The highest BCUT2D eigenvalue weighted by molar-refractivity contribution is 7.98. The maximum absolute atomic E-state index is 11.9. The minimum atomic E-state index is -0.543. The van der Waals surface area contributed by atoms with Crippen molar-refractivity contribution in [2.24, 2.45) is 0 Å². The van der Waals surface area contributed by atoms with E-state index in [2.05, 4.69) is 17.5 Å². The van der Waals surface area contributed by atoms with Crippen LogP contribution in [0.2, 0.25) is 0 Å². The summed E-state index contributed by atoms with van der Waals surface area (Å²) >= 11 is 1.46. The fraction of sp³-hybridized carbons (Fsp3) is 0.462. The van der Waals surface area contributed by atoms with Crippen LogP contribution in [0, 0.1) is 22.7 Å². The van der Waals surface area contributed by atoms with E-state index in [0.717, 1.165) is 11.1 Å². The van der Waals surface area contributed by atoms with Gasteiger partial charge in [0.1, 0.15) is 28.6 Å². The molecule has 0 saturated carbocycles. The number of ether oxygens (including phenoxy) is 1. The summed E-state index contributed by atoms with van der Waals surface area (Å²) in [6, 6.07) is 12.3. The van der Waals surface area contributed by atoms with Gasteiger partial charge >= 0.3 is 6.09 Å². The van der Waals surface area contributed by atoms with Crippen molar-refractivity contribution < 1.29 is 14.6 Å². The highest BCUT2D eigenvalue weighted by Gasteiger charge is 2.27. The lowest BCUT2D eigenvalue weighted by Crippen LogP contribution is -2.32. The maximum Gasteiger partial charge on any atom is 0.407 e. The average molecular weight is 494 g/mol. The van der Waals surface area contributed by atoms with Crippen LogP contribution in [0.4, 0.5) is 10.6 Å². The third kappa shape index (κ3) is 6.88. The number of amides is 1. The molecule has 9 heteroatoms. The predicted octanol–water partition coefficient (Wildman–Crippen LogP) is 4.28. The lowest BCUT2D eigenvalue weighted by Gasteiger charge is -2.21. The van der Waals surface area contributed by atoms with Crippen molar-refractivity contribution in [1.82, 2.24) is 10.3 Å². The molecule has 1 aliphatic heterocycles. The molecular weight excluding hydrogens is 462 g/mol. The van der Waals surface area contributed by atoms with E-state index in [0.29, 0.717) is 65.8 Å². The number of β-amino-alcohol motifs (C(OH)–C–C–N with tert-alkyl or cyclic N) is 1. The molecule has 0 spiro atoms. The van der Waals surface area contributed by atoms with Crippen LogP contribution in [0.15, 0.2) is 29.3 Å². The van der Waals surface area contributed by atoms with Gasteiger partial charge in [0.2, 0.25) is 0 Å². The Morgan fingerprint density at radius 2 is 1.89 bits per heavy atom. The zero-order chi connectivity index (χ0) is 25.6. The minimum absolute atomic E-state index is 0.364. The predicted molar refractivity (Wildman–Crippen MR) is 135 cm³/mol. The van der Waals surface area contributed by atoms with Gasteiger partial charge in [0.25, 0.3) is 0 Å². The number of nitrogens with zero attached hydrogens (tertiary/aromatic N) is 4. The first kappa shape index (κ1) is 26.3. The van der Waals surface area contributed by atoms with Crippen LogP contribution in [-0.2, 0) is 23.5 Å². The van der Waals surface area contributed by atoms with Gasteiger partial charge in [0, 0.05) is 25.4 Å². The van der Waals surface area contributed by atoms with Crippen molar-refractivity contribution in [1.29, 1.82) is 10.5 Å². The Hall–Kier alpha value is -3.27. The highest BCUT2D eigenvalue weighted by Crippen LogP contribution is 2.34. The first-order valence-corrected chi connectivity index (χ1v) is 12.6. The summed E-state index contributed by atoms with van der Waals surface area (Å²) in [7, 11) is 0. The second kappa shape index (κ2) is 11.4. The fourth-order valence-corrected chi connectivity index (χ4v) is 4.80. The topological polar surface area (TPSA) is 122 Å². The number of thioether (sulfide) groups is 1. The van der Waals surface area contributed by atoms with E-state index in [1.165, 1.54) is 11.8 Å². The molecule has 8 nitrogen and oxygen atoms in total. The second-order valence-corrected chi connectivity index (χ2v) is 10.4. The number of carbonyl (C=O) groups is 1. The number of hydrogen-bond donors (Lipinski definition) is 2. The normalized spacial score (nSPS) is 15.4. The van der Waals surface area contributed by atoms with Crippen LogP contribution in [0.3, 0.4) is 0 Å². The summed E-state index contributed by atoms with van der Waals surface area (Å²) in [4.78, 5) is 18.5. The van der Waals surface area contributed by atoms with Gasteiger partial charge in [-0.05, 0) is 50.3 Å². The van der Waals surface area contributed by atoms with Gasteiger partial charge in [-0.3, -0.25) is 0 Å². The number of benzene rings is 1. The number of alkyl carbamates (subject to hydrolysis) is 1. The summed E-state index contributed by atoms with van der Waals surface area (Å²) in [5.74, 6) is 1.14. The van der Waals surface area contributed by atoms with Crippen molar-refractivity contribution in [3.8, 4) is 12.1 Å². The Balaban J connectivity index is 1.74. The molecule has 1 aromatic carbocycles. The molecule has 1 fully saturated rings. The van der Waals surface area contributed by atoms with Gasteiger partial charge in [-0.1, -0.05) is 31.2 Å². The fourth-order valence-electron chi connectivity index (χ4n) is 3.84. The number of aromatic nitrogens is 1. The van der Waals surface area contributed by atoms with Crippen molar-refractivity contribution in [3.63, 3.8) is 0 Å². The largest absolute Gasteiger partial charge is 0.444 e. The minimum Gasteiger partial charge on any atom is -0.444 e. The van der Waals surface area contributed by atoms with Gasteiger partial charge in [-0.25, -0.2) is 9.78 Å². The number of rotatable bonds is 7. The third-order valence-corrected chi connectivity index (χ3v) is 6.57. The lowest BCUT2D eigenvalue weighted by atomic mass is 10.0. The summed E-state index contributed by atoms with van der Waals surface area (Å²) in [6.45, 7) is 8.81. The Morgan fingerprint density at radius 1 is 1.23 bits per heavy atom. The van der Waals surface area contributed by atoms with Gasteiger partial charge in [0.05, 0.1) is 17.2 Å². The number of hydrogen-bond acceptors (Lipinski definition) is 8. The lowest BCUT2D eigenvalue weighted by molar-refractivity contribution is 0.0523. The quantitative estimate of drug-likeness (QED) is 0.548. The van der Waals surface area contributed by atoms with Gasteiger partial charge < -0.3 is 20.1 Å². The molecule has 0 bridgehead atoms. The number of aliphatic hydroxyl groups is 1. The summed E-state index contributed by atoms with van der Waals surface area (Å²) in [5, 5.41) is 33.0. The number of aliphatic hydroxyl groups excluding tert-OH is 1. The number of pyridine rings is 1. The molecule has 1 aromatic heterocycles. The van der Waals surface area contributed by atoms with Crippen molar-refractivity contribution >= 4 is 23.7 Å². The van der Waals surface area contributed by atoms with E-state index in [4.69, 9.17) is 9.72 Å². The molecule has 1 amide bonds. The molecule has 1 atom stereocenters. The smallest absolute Gasteiger partial charge is 0.407 e. The van der Waals surface area contributed by atoms with Gasteiger partial charge in [0.15, 0.2) is 0 Å². The van der Waals surface area contributed by atoms with E-state index >= 15 is 0 Å². The van der Waals surface area contributed by atoms with Crippen LogP contribution >= 0.6 is 11.8 Å². The Bertz CT molecular complexity index is 1150. The Kier molecular flexibility index (Phi) is 8.61. The first-order valence-electron chi connectivity index (χ1n) is 11.6. The van der Waals surface area contributed by atoms with E-state index in [1.54, 1.807) is 0 Å². The first-order chi connectivity index (χ1) is 16.6.